The van der Waals surface area contributed by atoms with Crippen molar-refractivity contribution in [2.45, 2.75) is 25.5 Å². The molecule has 1 fully saturated rings. The molecule has 3 heterocycles. The fourth-order valence-electron chi connectivity index (χ4n) is 3.67. The van der Waals surface area contributed by atoms with E-state index in [0.717, 1.165) is 30.6 Å². The lowest BCUT2D eigenvalue weighted by molar-refractivity contribution is -0.0484. The van der Waals surface area contributed by atoms with Crippen LogP contribution < -0.4 is 15.6 Å². The van der Waals surface area contributed by atoms with E-state index in [1.165, 1.54) is 15.9 Å². The van der Waals surface area contributed by atoms with Crippen LogP contribution in [0, 0.1) is 0 Å². The Balaban J connectivity index is 1.73. The molecular formula is C19H21F2N5O2S. The minimum atomic E-state index is -2.99. The summed E-state index contributed by atoms with van der Waals surface area (Å²) in [6.45, 7) is -1.15. The topological polar surface area (TPSA) is 72.3 Å². The number of rotatable bonds is 5. The van der Waals surface area contributed by atoms with E-state index < -0.39 is 6.61 Å². The van der Waals surface area contributed by atoms with E-state index in [4.69, 9.17) is 4.74 Å². The number of likely N-dealkylation sites (tertiary alicyclic amines) is 1. The van der Waals surface area contributed by atoms with Crippen LogP contribution in [0.3, 0.4) is 0 Å². The van der Waals surface area contributed by atoms with Crippen molar-refractivity contribution in [3.8, 4) is 17.1 Å². The van der Waals surface area contributed by atoms with Gasteiger partial charge in [-0.3, -0.25) is 9.36 Å². The third-order valence-corrected chi connectivity index (χ3v) is 5.95. The second kappa shape index (κ2) is 8.03. The van der Waals surface area contributed by atoms with Crippen molar-refractivity contribution in [2.24, 2.45) is 7.05 Å². The number of alkyl halides is 2. The number of ether oxygens (including phenoxy) is 1. The van der Waals surface area contributed by atoms with Crippen molar-refractivity contribution in [3.05, 3.63) is 33.9 Å². The van der Waals surface area contributed by atoms with E-state index in [9.17, 15) is 13.6 Å². The molecule has 154 valence electrons. The van der Waals surface area contributed by atoms with Crippen LogP contribution in [0.4, 0.5) is 14.6 Å². The molecule has 0 saturated carbocycles. The van der Waals surface area contributed by atoms with Crippen molar-refractivity contribution in [1.29, 1.82) is 0 Å². The SMILES string of the molecule is CN1CCC[C@@H](Nc2nnc(-c3ccc4sccc4c3OC(F)F)n(C)c2=O)C1. The van der Waals surface area contributed by atoms with Crippen LogP contribution in [0.5, 0.6) is 5.75 Å². The zero-order valence-electron chi connectivity index (χ0n) is 16.1. The third-order valence-electron chi connectivity index (χ3n) is 5.07. The van der Waals surface area contributed by atoms with Crippen molar-refractivity contribution < 1.29 is 13.5 Å². The molecule has 10 heteroatoms. The van der Waals surface area contributed by atoms with Gasteiger partial charge in [0.1, 0.15) is 5.75 Å². The van der Waals surface area contributed by atoms with Crippen LogP contribution in [0.15, 0.2) is 28.4 Å². The first-order valence-electron chi connectivity index (χ1n) is 9.28. The highest BCUT2D eigenvalue weighted by Gasteiger charge is 2.22. The molecule has 1 saturated heterocycles. The Morgan fingerprint density at radius 2 is 2.10 bits per heavy atom. The number of anilines is 1. The molecule has 0 aliphatic carbocycles. The van der Waals surface area contributed by atoms with Gasteiger partial charge in [-0.25, -0.2) is 0 Å². The van der Waals surface area contributed by atoms with Gasteiger partial charge in [0.05, 0.1) is 5.56 Å². The molecule has 0 unspecified atom stereocenters. The summed E-state index contributed by atoms with van der Waals surface area (Å²) in [6.07, 6.45) is 1.98. The van der Waals surface area contributed by atoms with Crippen LogP contribution >= 0.6 is 11.3 Å². The number of benzene rings is 1. The van der Waals surface area contributed by atoms with Gasteiger partial charge in [-0.2, -0.15) is 8.78 Å². The monoisotopic (exact) mass is 421 g/mol. The van der Waals surface area contributed by atoms with Crippen molar-refractivity contribution >= 4 is 27.2 Å². The first-order valence-corrected chi connectivity index (χ1v) is 10.2. The van der Waals surface area contributed by atoms with Crippen molar-refractivity contribution in [3.63, 3.8) is 0 Å². The van der Waals surface area contributed by atoms with Crippen LogP contribution in [0.2, 0.25) is 0 Å². The Labute approximate surface area is 169 Å². The molecule has 1 aromatic carbocycles. The van der Waals surface area contributed by atoms with E-state index >= 15 is 0 Å². The number of hydrogen-bond acceptors (Lipinski definition) is 7. The predicted molar refractivity (Wildman–Crippen MR) is 109 cm³/mol. The fraction of sp³-hybridized carbons (Fsp3) is 0.421. The predicted octanol–water partition coefficient (Wildman–Crippen LogP) is 3.16. The first-order chi connectivity index (χ1) is 13.9. The molecule has 1 aliphatic rings. The molecule has 1 aliphatic heterocycles. The maximum atomic E-state index is 13.0. The Kier molecular flexibility index (Phi) is 5.46. The summed E-state index contributed by atoms with van der Waals surface area (Å²) >= 11 is 1.42. The summed E-state index contributed by atoms with van der Waals surface area (Å²) in [7, 11) is 3.58. The smallest absolute Gasteiger partial charge is 0.387 e. The highest BCUT2D eigenvalue weighted by atomic mass is 32.1. The van der Waals surface area contributed by atoms with Crippen molar-refractivity contribution in [2.75, 3.05) is 25.5 Å². The highest BCUT2D eigenvalue weighted by Crippen LogP contribution is 2.38. The second-order valence-electron chi connectivity index (χ2n) is 7.14. The number of nitrogens with zero attached hydrogens (tertiary/aromatic N) is 4. The number of halogens is 2. The zero-order valence-corrected chi connectivity index (χ0v) is 16.9. The average molecular weight is 421 g/mol. The summed E-state index contributed by atoms with van der Waals surface area (Å²) in [5.74, 6) is 0.326. The van der Waals surface area contributed by atoms with Gasteiger partial charge in [0.2, 0.25) is 5.82 Å². The molecule has 2 aromatic heterocycles. The largest absolute Gasteiger partial charge is 0.433 e. The number of piperidine rings is 1. The molecule has 0 bridgehead atoms. The molecule has 4 rings (SSSR count). The maximum Gasteiger partial charge on any atom is 0.387 e. The number of likely N-dealkylation sites (N-methyl/N-ethyl adjacent to an activating group) is 1. The summed E-state index contributed by atoms with van der Waals surface area (Å²) < 4.78 is 33.0. The molecule has 0 spiro atoms. The Morgan fingerprint density at radius 1 is 1.28 bits per heavy atom. The van der Waals surface area contributed by atoms with Gasteiger partial charge in [0.15, 0.2) is 5.82 Å². The van der Waals surface area contributed by atoms with Crippen LogP contribution in [0.25, 0.3) is 21.5 Å². The molecule has 0 amide bonds. The van der Waals surface area contributed by atoms with Crippen LogP contribution in [0.1, 0.15) is 12.8 Å². The molecule has 3 aromatic rings. The number of aromatic nitrogens is 3. The lowest BCUT2D eigenvalue weighted by Crippen LogP contribution is -2.41. The molecule has 1 N–H and O–H groups in total. The normalized spacial score (nSPS) is 17.8. The fourth-order valence-corrected chi connectivity index (χ4v) is 4.46. The minimum Gasteiger partial charge on any atom is -0.433 e. The standard InChI is InChI=1S/C19H21F2N5O2S/c1-25-8-3-4-11(10-25)22-16-18(27)26(2)17(24-23-16)13-5-6-14-12(7-9-29-14)15(13)28-19(20)21/h5-7,9,11,19H,3-4,8,10H2,1-2H3,(H,22,23)/t11-/m1/s1. The van der Waals surface area contributed by atoms with E-state index in [2.05, 4.69) is 20.4 Å². The number of fused-ring (bicyclic) bond motifs is 1. The molecule has 0 radical (unpaired) electrons. The van der Waals surface area contributed by atoms with E-state index in [0.29, 0.717) is 10.9 Å². The summed E-state index contributed by atoms with van der Waals surface area (Å²) in [5.41, 5.74) is -0.0658. The zero-order chi connectivity index (χ0) is 20.5. The van der Waals surface area contributed by atoms with Crippen LogP contribution in [-0.2, 0) is 7.05 Å². The van der Waals surface area contributed by atoms with Gasteiger partial charge in [0, 0.05) is 29.7 Å². The Bertz CT molecular complexity index is 1080. The van der Waals surface area contributed by atoms with Gasteiger partial charge in [-0.05, 0) is 50.0 Å². The molecular weight excluding hydrogens is 400 g/mol. The highest BCUT2D eigenvalue weighted by molar-refractivity contribution is 7.17. The van der Waals surface area contributed by atoms with Gasteiger partial charge in [0.25, 0.3) is 5.56 Å². The second-order valence-corrected chi connectivity index (χ2v) is 8.08. The molecule has 7 nitrogen and oxygen atoms in total. The quantitative estimate of drug-likeness (QED) is 0.682. The Morgan fingerprint density at radius 3 is 2.86 bits per heavy atom. The minimum absolute atomic E-state index is 0.00216. The number of hydrogen-bond donors (Lipinski definition) is 1. The average Bonchev–Trinajstić information content (AvgIpc) is 3.15. The lowest BCUT2D eigenvalue weighted by Gasteiger charge is -2.30. The first kappa shape index (κ1) is 19.7. The number of nitrogens with one attached hydrogen (secondary N) is 1. The number of thiophene rings is 1. The van der Waals surface area contributed by atoms with Crippen LogP contribution in [-0.4, -0.2) is 52.5 Å². The molecule has 29 heavy (non-hydrogen) atoms. The van der Waals surface area contributed by atoms with Gasteiger partial charge in [-0.15, -0.1) is 21.5 Å². The van der Waals surface area contributed by atoms with E-state index in [1.54, 1.807) is 30.6 Å². The summed E-state index contributed by atoms with van der Waals surface area (Å²) in [4.78, 5) is 15.1. The van der Waals surface area contributed by atoms with Gasteiger partial charge < -0.3 is 15.0 Å². The van der Waals surface area contributed by atoms with Crippen molar-refractivity contribution in [1.82, 2.24) is 19.7 Å². The van der Waals surface area contributed by atoms with E-state index in [1.807, 2.05) is 7.05 Å². The van der Waals surface area contributed by atoms with Gasteiger partial charge in [-0.1, -0.05) is 0 Å². The van der Waals surface area contributed by atoms with E-state index in [-0.39, 0.29) is 29.0 Å². The molecule has 1 atom stereocenters. The lowest BCUT2D eigenvalue weighted by atomic mass is 10.1. The summed E-state index contributed by atoms with van der Waals surface area (Å²) in [6, 6.07) is 5.25. The third kappa shape index (κ3) is 3.95. The van der Waals surface area contributed by atoms with Gasteiger partial charge >= 0.3 is 6.61 Å². The Hall–Kier alpha value is -2.59. The summed E-state index contributed by atoms with van der Waals surface area (Å²) in [5, 5.41) is 13.8. The maximum absolute atomic E-state index is 13.0.